The first-order chi connectivity index (χ1) is 16.5. The summed E-state index contributed by atoms with van der Waals surface area (Å²) < 4.78 is 17.7. The molecule has 0 radical (unpaired) electrons. The lowest BCUT2D eigenvalue weighted by atomic mass is 9.53. The summed E-state index contributed by atoms with van der Waals surface area (Å²) in [6.07, 6.45) is 6.57. The summed E-state index contributed by atoms with van der Waals surface area (Å²) in [7, 11) is 0. The van der Waals surface area contributed by atoms with Gasteiger partial charge in [-0.2, -0.15) is 0 Å². The number of carboxylic acid groups (broad SMARTS) is 2. The van der Waals surface area contributed by atoms with Crippen molar-refractivity contribution in [1.29, 1.82) is 0 Å². The fourth-order valence-corrected chi connectivity index (χ4v) is 7.39. The number of piperidine rings is 1. The number of carbonyl (C=O) groups is 4. The van der Waals surface area contributed by atoms with Gasteiger partial charge in [0, 0.05) is 24.4 Å². The summed E-state index contributed by atoms with van der Waals surface area (Å²) in [6, 6.07) is 0. The molecular weight excluding hydrogens is 458 g/mol. The second kappa shape index (κ2) is 9.69. The molecule has 5 rings (SSSR count). The van der Waals surface area contributed by atoms with E-state index in [9.17, 15) is 9.59 Å². The van der Waals surface area contributed by atoms with Gasteiger partial charge in [-0.3, -0.25) is 9.59 Å². The van der Waals surface area contributed by atoms with E-state index in [2.05, 4.69) is 18.7 Å². The Labute approximate surface area is 205 Å². The van der Waals surface area contributed by atoms with Gasteiger partial charge in [0.05, 0.1) is 24.5 Å². The van der Waals surface area contributed by atoms with Gasteiger partial charge in [-0.25, -0.2) is 9.59 Å². The second-order valence-corrected chi connectivity index (χ2v) is 11.0. The molecule has 1 spiro atoms. The zero-order valence-corrected chi connectivity index (χ0v) is 20.7. The van der Waals surface area contributed by atoms with Crippen molar-refractivity contribution in [2.45, 2.75) is 77.1 Å². The Morgan fingerprint density at radius 3 is 2.54 bits per heavy atom. The number of likely N-dealkylation sites (tertiary alicyclic amines) is 1. The Bertz CT molecular complexity index is 865. The van der Waals surface area contributed by atoms with Gasteiger partial charge in [0.2, 0.25) is 0 Å². The van der Waals surface area contributed by atoms with Crippen molar-refractivity contribution in [2.75, 3.05) is 26.2 Å². The highest BCUT2D eigenvalue weighted by molar-refractivity contribution is 6.27. The molecule has 4 unspecified atom stereocenters. The van der Waals surface area contributed by atoms with Crippen molar-refractivity contribution >= 4 is 23.9 Å². The molecule has 8 atom stereocenters. The number of nitrogens with zero attached hydrogens (tertiary/aromatic N) is 1. The third-order valence-electron chi connectivity index (χ3n) is 8.96. The Morgan fingerprint density at radius 1 is 1.17 bits per heavy atom. The lowest BCUT2D eigenvalue weighted by molar-refractivity contribution is -0.159. The van der Waals surface area contributed by atoms with Crippen LogP contribution in [0.25, 0.3) is 0 Å². The summed E-state index contributed by atoms with van der Waals surface area (Å²) in [5.74, 6) is -3.30. The highest BCUT2D eigenvalue weighted by Gasteiger charge is 2.78. The van der Waals surface area contributed by atoms with Gasteiger partial charge in [0.25, 0.3) is 0 Å². The molecule has 196 valence electrons. The molecule has 0 amide bonds. The maximum absolute atomic E-state index is 12.9. The summed E-state index contributed by atoms with van der Waals surface area (Å²) in [5, 5.41) is 14.8. The largest absolute Gasteiger partial charge is 0.473 e. The average Bonchev–Trinajstić information content (AvgIpc) is 3.49. The fourth-order valence-electron chi connectivity index (χ4n) is 7.39. The van der Waals surface area contributed by atoms with Crippen molar-refractivity contribution in [3.8, 4) is 0 Å². The van der Waals surface area contributed by atoms with Crippen LogP contribution in [-0.4, -0.2) is 83.0 Å². The predicted molar refractivity (Wildman–Crippen MR) is 121 cm³/mol. The lowest BCUT2D eigenvalue weighted by Gasteiger charge is -2.49. The third kappa shape index (κ3) is 4.55. The molecule has 2 N–H and O–H groups in total. The van der Waals surface area contributed by atoms with E-state index in [1.807, 2.05) is 6.92 Å². The first kappa shape index (κ1) is 25.9. The number of carbonyl (C=O) groups excluding carboxylic acids is 2. The molecule has 2 saturated carbocycles. The highest BCUT2D eigenvalue weighted by atomic mass is 16.6. The van der Waals surface area contributed by atoms with E-state index >= 15 is 0 Å². The smallest absolute Gasteiger partial charge is 0.414 e. The van der Waals surface area contributed by atoms with Crippen LogP contribution in [0.15, 0.2) is 0 Å². The zero-order valence-electron chi connectivity index (χ0n) is 20.7. The minimum atomic E-state index is -1.82. The first-order valence-electron chi connectivity index (χ1n) is 12.8. The second-order valence-electron chi connectivity index (χ2n) is 11.0. The quantitative estimate of drug-likeness (QED) is 0.337. The van der Waals surface area contributed by atoms with Gasteiger partial charge in [-0.1, -0.05) is 20.3 Å². The van der Waals surface area contributed by atoms with E-state index in [-0.39, 0.29) is 52.9 Å². The first-order valence-corrected chi connectivity index (χ1v) is 12.8. The normalized spacial score (nSPS) is 41.7. The molecular formula is C25H37NO9. The Balaban J connectivity index is 0.000000431. The van der Waals surface area contributed by atoms with Gasteiger partial charge in [-0.05, 0) is 51.5 Å². The lowest BCUT2D eigenvalue weighted by Crippen LogP contribution is -2.55. The van der Waals surface area contributed by atoms with E-state index in [0.29, 0.717) is 25.6 Å². The van der Waals surface area contributed by atoms with Gasteiger partial charge < -0.3 is 29.3 Å². The molecule has 0 bridgehead atoms. The SMILES string of the molecule is CCOC(=O)C1CCCN(CC2C(=O)O[C@@H]3C[C@@]4(C)CCC[C@H](C)C45OC5[C@H]23)C1.O=C(O)C(=O)O. The van der Waals surface area contributed by atoms with Gasteiger partial charge in [0.15, 0.2) is 0 Å². The number of rotatable bonds is 4. The molecule has 3 saturated heterocycles. The van der Waals surface area contributed by atoms with Crippen LogP contribution in [0.2, 0.25) is 0 Å². The van der Waals surface area contributed by atoms with Crippen LogP contribution in [0.5, 0.6) is 0 Å². The van der Waals surface area contributed by atoms with E-state index in [0.717, 1.165) is 25.8 Å². The molecule has 10 nitrogen and oxygen atoms in total. The number of fused-ring (bicyclic) bond motifs is 2. The van der Waals surface area contributed by atoms with Gasteiger partial charge in [0.1, 0.15) is 11.7 Å². The third-order valence-corrected chi connectivity index (χ3v) is 8.96. The van der Waals surface area contributed by atoms with Crippen molar-refractivity contribution < 1.29 is 43.6 Å². The number of ether oxygens (including phenoxy) is 3. The van der Waals surface area contributed by atoms with E-state index in [4.69, 9.17) is 34.0 Å². The maximum atomic E-state index is 12.9. The van der Waals surface area contributed by atoms with Crippen LogP contribution in [0, 0.1) is 29.1 Å². The standard InChI is InChI=1S/C23H35NO5.C2H2O4/c1-4-27-20(25)15-8-6-10-24(12-15)13-16-18-17(28-21(16)26)11-22(3)9-5-7-14(2)23(22)19(18)29-23;3-1(4)2(5)6/h14-19H,4-13H2,1-3H3;(H,3,4)(H,5,6)/t14-,15?,16?,17+,18+,19?,22+,23?;/m0./s1. The average molecular weight is 496 g/mol. The minimum absolute atomic E-state index is 0.00549. The van der Waals surface area contributed by atoms with Crippen LogP contribution in [0.1, 0.15) is 59.3 Å². The molecule has 3 heterocycles. The van der Waals surface area contributed by atoms with Gasteiger partial charge in [-0.15, -0.1) is 0 Å². The molecule has 5 fully saturated rings. The number of epoxide rings is 1. The molecule has 0 aromatic rings. The van der Waals surface area contributed by atoms with Crippen molar-refractivity contribution in [3.63, 3.8) is 0 Å². The Morgan fingerprint density at radius 2 is 1.89 bits per heavy atom. The summed E-state index contributed by atoms with van der Waals surface area (Å²) >= 11 is 0. The zero-order chi connectivity index (χ0) is 25.5. The predicted octanol–water partition coefficient (Wildman–Crippen LogP) is 1.94. The van der Waals surface area contributed by atoms with E-state index < -0.39 is 11.9 Å². The maximum Gasteiger partial charge on any atom is 0.414 e. The fraction of sp³-hybridized carbons (Fsp3) is 0.840. The highest BCUT2D eigenvalue weighted by Crippen LogP contribution is 2.70. The molecule has 0 aromatic heterocycles. The van der Waals surface area contributed by atoms with E-state index in [1.54, 1.807) is 0 Å². The molecule has 10 heteroatoms. The number of hydrogen-bond donors (Lipinski definition) is 2. The summed E-state index contributed by atoms with van der Waals surface area (Å²) in [4.78, 5) is 45.6. The van der Waals surface area contributed by atoms with Crippen molar-refractivity contribution in [2.24, 2.45) is 29.1 Å². The molecule has 35 heavy (non-hydrogen) atoms. The van der Waals surface area contributed by atoms with E-state index in [1.165, 1.54) is 19.3 Å². The molecule has 5 aliphatic rings. The number of aliphatic carboxylic acids is 2. The van der Waals surface area contributed by atoms with Crippen LogP contribution in [0.3, 0.4) is 0 Å². The molecule has 0 aromatic carbocycles. The topological polar surface area (TPSA) is 143 Å². The monoisotopic (exact) mass is 495 g/mol. The van der Waals surface area contributed by atoms with Crippen molar-refractivity contribution in [3.05, 3.63) is 0 Å². The Kier molecular flexibility index (Phi) is 7.16. The van der Waals surface area contributed by atoms with Crippen LogP contribution in [0.4, 0.5) is 0 Å². The molecule has 3 aliphatic heterocycles. The van der Waals surface area contributed by atoms with Crippen LogP contribution < -0.4 is 0 Å². The number of carboxylic acids is 2. The number of hydrogen-bond acceptors (Lipinski definition) is 8. The molecule has 2 aliphatic carbocycles. The summed E-state index contributed by atoms with van der Waals surface area (Å²) in [5.41, 5.74) is 0.0831. The Hall–Kier alpha value is -2.20. The van der Waals surface area contributed by atoms with Crippen LogP contribution >= 0.6 is 0 Å². The minimum Gasteiger partial charge on any atom is -0.473 e. The summed E-state index contributed by atoms with van der Waals surface area (Å²) in [6.45, 7) is 9.25. The van der Waals surface area contributed by atoms with Crippen molar-refractivity contribution in [1.82, 2.24) is 4.90 Å². The number of esters is 2. The van der Waals surface area contributed by atoms with Gasteiger partial charge >= 0.3 is 23.9 Å². The van der Waals surface area contributed by atoms with Crippen LogP contribution in [-0.2, 0) is 33.4 Å².